The molecule has 2 aliphatic rings. The van der Waals surface area contributed by atoms with Gasteiger partial charge in [-0.25, -0.2) is 8.42 Å². The maximum absolute atomic E-state index is 11.5. The van der Waals surface area contributed by atoms with Crippen LogP contribution >= 0.6 is 0 Å². The average molecular weight is 256 g/mol. The Labute approximate surface area is 104 Å². The fraction of sp³-hybridized carbons (Fsp3) is 0.917. The van der Waals surface area contributed by atoms with Crippen LogP contribution in [0.4, 0.5) is 0 Å². The van der Waals surface area contributed by atoms with E-state index >= 15 is 0 Å². The summed E-state index contributed by atoms with van der Waals surface area (Å²) < 4.78 is 23.1. The molecule has 2 rings (SSSR count). The molecule has 4 nitrogen and oxygen atoms in total. The molecule has 2 saturated heterocycles. The number of likely N-dealkylation sites (tertiary alicyclic amines) is 1. The molecule has 5 heteroatoms. The lowest BCUT2D eigenvalue weighted by molar-refractivity contribution is 0.100. The van der Waals surface area contributed by atoms with Crippen molar-refractivity contribution >= 4 is 9.84 Å². The lowest BCUT2D eigenvalue weighted by atomic mass is 9.85. The zero-order valence-corrected chi connectivity index (χ0v) is 11.3. The molecular formula is C12H20N2O2S. The van der Waals surface area contributed by atoms with Gasteiger partial charge in [-0.15, -0.1) is 0 Å². The van der Waals surface area contributed by atoms with Gasteiger partial charge in [-0.05, 0) is 39.2 Å². The standard InChI is InChI=1S/C12H20N2O2S/c1-12(2)10(3-6-13)4-7-14(12)11-5-8-17(15,16)9-11/h10-11H,3-5,7-9H2,1-2H3. The summed E-state index contributed by atoms with van der Waals surface area (Å²) in [5.74, 6) is 0.999. The number of hydrogen-bond donors (Lipinski definition) is 0. The Morgan fingerprint density at radius 2 is 2.12 bits per heavy atom. The van der Waals surface area contributed by atoms with Crippen LogP contribution in [0.1, 0.15) is 33.1 Å². The maximum atomic E-state index is 11.5. The van der Waals surface area contributed by atoms with Crippen molar-refractivity contribution in [1.82, 2.24) is 4.90 Å². The zero-order chi connectivity index (χ0) is 12.7. The monoisotopic (exact) mass is 256 g/mol. The normalized spacial score (nSPS) is 35.8. The summed E-state index contributed by atoms with van der Waals surface area (Å²) in [4.78, 5) is 2.32. The molecule has 0 aromatic heterocycles. The number of nitrogens with zero attached hydrogens (tertiary/aromatic N) is 2. The summed E-state index contributed by atoms with van der Waals surface area (Å²) in [5.41, 5.74) is -0.0414. The molecule has 0 spiro atoms. The summed E-state index contributed by atoms with van der Waals surface area (Å²) in [6.07, 6.45) is 2.34. The van der Waals surface area contributed by atoms with Crippen molar-refractivity contribution in [3.05, 3.63) is 0 Å². The number of rotatable bonds is 2. The predicted octanol–water partition coefficient (Wildman–Crippen LogP) is 1.19. The van der Waals surface area contributed by atoms with E-state index in [0.717, 1.165) is 19.4 Å². The van der Waals surface area contributed by atoms with Gasteiger partial charge in [0.05, 0.1) is 17.6 Å². The largest absolute Gasteiger partial charge is 0.294 e. The van der Waals surface area contributed by atoms with Gasteiger partial charge in [0.25, 0.3) is 0 Å². The van der Waals surface area contributed by atoms with Gasteiger partial charge in [-0.1, -0.05) is 0 Å². The molecule has 2 fully saturated rings. The van der Waals surface area contributed by atoms with Crippen molar-refractivity contribution in [1.29, 1.82) is 5.26 Å². The molecule has 0 bridgehead atoms. The average Bonchev–Trinajstić information content (AvgIpc) is 2.69. The highest BCUT2D eigenvalue weighted by Gasteiger charge is 2.46. The Hall–Kier alpha value is -0.600. The minimum Gasteiger partial charge on any atom is -0.294 e. The van der Waals surface area contributed by atoms with Crippen molar-refractivity contribution < 1.29 is 8.42 Å². The second-order valence-electron chi connectivity index (χ2n) is 5.75. The fourth-order valence-corrected chi connectivity index (χ4v) is 5.04. The van der Waals surface area contributed by atoms with Crippen molar-refractivity contribution in [2.45, 2.75) is 44.7 Å². The molecule has 2 atom stereocenters. The van der Waals surface area contributed by atoms with Crippen molar-refractivity contribution in [3.8, 4) is 6.07 Å². The first-order chi connectivity index (χ1) is 7.87. The Bertz CT molecular complexity index is 436. The third kappa shape index (κ3) is 2.34. The summed E-state index contributed by atoms with van der Waals surface area (Å²) >= 11 is 0. The zero-order valence-electron chi connectivity index (χ0n) is 10.5. The van der Waals surface area contributed by atoms with Gasteiger partial charge >= 0.3 is 0 Å². The molecule has 0 aliphatic carbocycles. The third-order valence-corrected chi connectivity index (χ3v) is 6.19. The van der Waals surface area contributed by atoms with Crippen molar-refractivity contribution in [3.63, 3.8) is 0 Å². The molecule has 0 saturated carbocycles. The number of nitriles is 1. The summed E-state index contributed by atoms with van der Waals surface area (Å²) in [6.45, 7) is 5.22. The van der Waals surface area contributed by atoms with Gasteiger partial charge < -0.3 is 0 Å². The summed E-state index contributed by atoms with van der Waals surface area (Å²) in [6, 6.07) is 2.41. The molecule has 2 heterocycles. The second-order valence-corrected chi connectivity index (χ2v) is 7.98. The van der Waals surface area contributed by atoms with E-state index < -0.39 is 9.84 Å². The first kappa shape index (κ1) is 12.8. The fourth-order valence-electron chi connectivity index (χ4n) is 3.31. The van der Waals surface area contributed by atoms with E-state index in [0.29, 0.717) is 23.8 Å². The molecule has 17 heavy (non-hydrogen) atoms. The van der Waals surface area contributed by atoms with E-state index in [1.807, 2.05) is 0 Å². The highest BCUT2D eigenvalue weighted by atomic mass is 32.2. The third-order valence-electron chi connectivity index (χ3n) is 4.44. The van der Waals surface area contributed by atoms with Crippen LogP contribution in [0, 0.1) is 17.2 Å². The van der Waals surface area contributed by atoms with Gasteiger partial charge in [0.1, 0.15) is 0 Å². The topological polar surface area (TPSA) is 61.2 Å². The van der Waals surface area contributed by atoms with Gasteiger partial charge in [0.2, 0.25) is 0 Å². The van der Waals surface area contributed by atoms with E-state index in [4.69, 9.17) is 5.26 Å². The number of hydrogen-bond acceptors (Lipinski definition) is 4. The first-order valence-corrected chi connectivity index (χ1v) is 8.03. The highest BCUT2D eigenvalue weighted by molar-refractivity contribution is 7.91. The van der Waals surface area contributed by atoms with E-state index in [-0.39, 0.29) is 11.6 Å². The first-order valence-electron chi connectivity index (χ1n) is 6.21. The highest BCUT2D eigenvalue weighted by Crippen LogP contribution is 2.39. The SMILES string of the molecule is CC1(C)C(CC#N)CCN1C1CCS(=O)(=O)C1. The van der Waals surface area contributed by atoms with Crippen LogP contribution in [0.15, 0.2) is 0 Å². The lowest BCUT2D eigenvalue weighted by Gasteiger charge is -2.39. The summed E-state index contributed by atoms with van der Waals surface area (Å²) in [5, 5.41) is 8.83. The van der Waals surface area contributed by atoms with E-state index in [2.05, 4.69) is 24.8 Å². The minimum absolute atomic E-state index is 0.0414. The van der Waals surface area contributed by atoms with Crippen LogP contribution < -0.4 is 0 Å². The Morgan fingerprint density at radius 3 is 2.65 bits per heavy atom. The van der Waals surface area contributed by atoms with Crippen LogP contribution in [0.5, 0.6) is 0 Å². The van der Waals surface area contributed by atoms with Crippen molar-refractivity contribution in [2.75, 3.05) is 18.1 Å². The van der Waals surface area contributed by atoms with Crippen molar-refractivity contribution in [2.24, 2.45) is 5.92 Å². The molecule has 0 radical (unpaired) electrons. The lowest BCUT2D eigenvalue weighted by Crippen LogP contribution is -2.48. The Kier molecular flexibility index (Phi) is 3.21. The molecule has 2 aliphatic heterocycles. The van der Waals surface area contributed by atoms with Gasteiger partial charge in [0.15, 0.2) is 9.84 Å². The molecular weight excluding hydrogens is 236 g/mol. The Morgan fingerprint density at radius 1 is 1.41 bits per heavy atom. The molecule has 0 aromatic rings. The second kappa shape index (κ2) is 4.25. The van der Waals surface area contributed by atoms with Gasteiger partial charge in [-0.3, -0.25) is 4.90 Å². The van der Waals surface area contributed by atoms with Crippen LogP contribution in [0.25, 0.3) is 0 Å². The smallest absolute Gasteiger partial charge is 0.151 e. The Balaban J connectivity index is 2.12. The maximum Gasteiger partial charge on any atom is 0.151 e. The molecule has 96 valence electrons. The summed E-state index contributed by atoms with van der Waals surface area (Å²) in [7, 11) is -2.82. The van der Waals surface area contributed by atoms with Crippen LogP contribution in [-0.4, -0.2) is 42.9 Å². The van der Waals surface area contributed by atoms with E-state index in [1.54, 1.807) is 0 Å². The minimum atomic E-state index is -2.82. The number of sulfone groups is 1. The molecule has 0 N–H and O–H groups in total. The van der Waals surface area contributed by atoms with Crippen LogP contribution in [-0.2, 0) is 9.84 Å². The van der Waals surface area contributed by atoms with Gasteiger partial charge in [-0.2, -0.15) is 5.26 Å². The van der Waals surface area contributed by atoms with Crippen LogP contribution in [0.3, 0.4) is 0 Å². The van der Waals surface area contributed by atoms with Gasteiger partial charge in [0, 0.05) is 18.0 Å². The van der Waals surface area contributed by atoms with Crippen LogP contribution in [0.2, 0.25) is 0 Å². The predicted molar refractivity (Wildman–Crippen MR) is 66.2 cm³/mol. The molecule has 2 unspecified atom stereocenters. The molecule has 0 aromatic carbocycles. The molecule has 0 amide bonds. The van der Waals surface area contributed by atoms with E-state index in [1.165, 1.54) is 0 Å². The van der Waals surface area contributed by atoms with E-state index in [9.17, 15) is 8.42 Å². The quantitative estimate of drug-likeness (QED) is 0.744.